The quantitative estimate of drug-likeness (QED) is 0.191. The highest BCUT2D eigenvalue weighted by molar-refractivity contribution is 5.89. The lowest BCUT2D eigenvalue weighted by molar-refractivity contribution is 0.106. The van der Waals surface area contributed by atoms with Gasteiger partial charge >= 0.3 is 0 Å². The normalized spacial score (nSPS) is 12.9. The second-order valence-electron chi connectivity index (χ2n) is 13.2. The maximum atomic E-state index is 10.2. The molecule has 0 amide bonds. The van der Waals surface area contributed by atoms with Gasteiger partial charge in [0.2, 0.25) is 0 Å². The van der Waals surface area contributed by atoms with Gasteiger partial charge in [-0.05, 0) is 94.5 Å². The number of aromatic nitrogens is 3. The first-order valence-electron chi connectivity index (χ1n) is 16.7. The molecule has 0 atom stereocenters. The smallest absolute Gasteiger partial charge is 0.164 e. The Bertz CT molecular complexity index is 2590. The summed E-state index contributed by atoms with van der Waals surface area (Å²) in [4.78, 5) is 15.1. The molecular weight excluding hydrogens is 613 g/mol. The monoisotopic (exact) mass is 642 g/mol. The minimum atomic E-state index is -0.441. The van der Waals surface area contributed by atoms with Gasteiger partial charge in [-0.3, -0.25) is 0 Å². The summed E-state index contributed by atoms with van der Waals surface area (Å²) in [7, 11) is 0. The first-order chi connectivity index (χ1) is 24.4. The van der Waals surface area contributed by atoms with Gasteiger partial charge < -0.3 is 4.74 Å². The fourth-order valence-corrected chi connectivity index (χ4v) is 6.99. The molecule has 50 heavy (non-hydrogen) atoms. The van der Waals surface area contributed by atoms with E-state index in [4.69, 9.17) is 19.7 Å². The number of hydrogen-bond acceptors (Lipinski definition) is 5. The summed E-state index contributed by atoms with van der Waals surface area (Å²) in [6.07, 6.45) is 0. The first kappa shape index (κ1) is 29.5. The summed E-state index contributed by atoms with van der Waals surface area (Å²) < 4.78 is 6.46. The van der Waals surface area contributed by atoms with Gasteiger partial charge in [0.25, 0.3) is 0 Å². The molecule has 0 N–H and O–H groups in total. The largest absolute Gasteiger partial charge is 0.482 e. The molecule has 0 spiro atoms. The average Bonchev–Trinajstić information content (AvgIpc) is 3.17. The van der Waals surface area contributed by atoms with E-state index in [1.165, 1.54) is 0 Å². The van der Waals surface area contributed by atoms with E-state index in [0.29, 0.717) is 23.0 Å². The third-order valence-electron chi connectivity index (χ3n) is 9.51. The lowest BCUT2D eigenvalue weighted by Crippen LogP contribution is -2.29. The van der Waals surface area contributed by atoms with Crippen LogP contribution >= 0.6 is 0 Å². The molecule has 0 aliphatic carbocycles. The van der Waals surface area contributed by atoms with Crippen molar-refractivity contribution in [3.05, 3.63) is 157 Å². The number of rotatable bonds is 4. The molecule has 236 valence electrons. The highest BCUT2D eigenvalue weighted by atomic mass is 16.5. The van der Waals surface area contributed by atoms with Crippen LogP contribution < -0.4 is 4.74 Å². The van der Waals surface area contributed by atoms with Gasteiger partial charge in [0.1, 0.15) is 11.4 Å². The van der Waals surface area contributed by atoms with Gasteiger partial charge in [0, 0.05) is 27.8 Å². The van der Waals surface area contributed by atoms with E-state index < -0.39 is 5.60 Å². The SMILES string of the molecule is CC1(C)Oc2ccc(-c3cc(C#N)cc(-c4nc(-c5ccc6ccccc6c5)nc(-c5ccc6ccccc6c5)n4)c3)cc2-c2ccccc21. The van der Waals surface area contributed by atoms with E-state index in [1.807, 2.05) is 42.5 Å². The fourth-order valence-electron chi connectivity index (χ4n) is 6.99. The lowest BCUT2D eigenvalue weighted by atomic mass is 9.85. The summed E-state index contributed by atoms with van der Waals surface area (Å²) in [5, 5.41) is 14.7. The van der Waals surface area contributed by atoms with Crippen molar-refractivity contribution in [3.8, 4) is 68.2 Å². The summed E-state index contributed by atoms with van der Waals surface area (Å²) >= 11 is 0. The molecule has 0 saturated carbocycles. The van der Waals surface area contributed by atoms with E-state index in [-0.39, 0.29) is 0 Å². The van der Waals surface area contributed by atoms with Crippen LogP contribution in [0, 0.1) is 11.3 Å². The van der Waals surface area contributed by atoms with Crippen molar-refractivity contribution in [2.75, 3.05) is 0 Å². The standard InChI is InChI=1S/C45H30N4O/c1-45(2)40-14-8-7-13-38(40)39-26-33(19-20-41(39)50-45)36-21-28(27-46)22-37(25-36)44-48-42(34-17-15-29-9-3-5-11-31(29)23-34)47-43(49-44)35-18-16-30-10-4-6-12-32(30)24-35/h3-26H,1-2H3. The Hall–Kier alpha value is -6.64. The zero-order valence-corrected chi connectivity index (χ0v) is 27.6. The third kappa shape index (κ3) is 5.15. The molecule has 0 saturated heterocycles. The third-order valence-corrected chi connectivity index (χ3v) is 9.51. The van der Waals surface area contributed by atoms with Gasteiger partial charge in [-0.2, -0.15) is 5.26 Å². The van der Waals surface area contributed by atoms with Crippen molar-refractivity contribution >= 4 is 21.5 Å². The van der Waals surface area contributed by atoms with Crippen molar-refractivity contribution in [1.29, 1.82) is 5.26 Å². The fraction of sp³-hybridized carbons (Fsp3) is 0.0667. The van der Waals surface area contributed by atoms with Crippen LogP contribution in [0.25, 0.3) is 78.0 Å². The van der Waals surface area contributed by atoms with Crippen molar-refractivity contribution in [2.24, 2.45) is 0 Å². The van der Waals surface area contributed by atoms with Crippen molar-refractivity contribution in [2.45, 2.75) is 19.4 Å². The van der Waals surface area contributed by atoms with Gasteiger partial charge in [-0.15, -0.1) is 0 Å². The number of nitrogens with zero attached hydrogens (tertiary/aromatic N) is 4. The maximum Gasteiger partial charge on any atom is 0.164 e. The maximum absolute atomic E-state index is 10.2. The molecular formula is C45H30N4O. The number of ether oxygens (including phenoxy) is 1. The predicted molar refractivity (Wildman–Crippen MR) is 200 cm³/mol. The van der Waals surface area contributed by atoms with E-state index >= 15 is 0 Å². The van der Waals surface area contributed by atoms with E-state index in [2.05, 4.69) is 123 Å². The molecule has 5 nitrogen and oxygen atoms in total. The van der Waals surface area contributed by atoms with E-state index in [0.717, 1.165) is 71.8 Å². The summed E-state index contributed by atoms with van der Waals surface area (Å²) in [6, 6.07) is 51.9. The number of hydrogen-bond donors (Lipinski definition) is 0. The van der Waals surface area contributed by atoms with Gasteiger partial charge in [0.05, 0.1) is 11.6 Å². The Morgan fingerprint density at radius 1 is 0.480 bits per heavy atom. The minimum absolute atomic E-state index is 0.441. The highest BCUT2D eigenvalue weighted by Gasteiger charge is 2.32. The van der Waals surface area contributed by atoms with Crippen LogP contribution in [0.15, 0.2) is 146 Å². The average molecular weight is 643 g/mol. The highest BCUT2D eigenvalue weighted by Crippen LogP contribution is 2.46. The second-order valence-corrected chi connectivity index (χ2v) is 13.2. The van der Waals surface area contributed by atoms with Crippen LogP contribution in [0.5, 0.6) is 5.75 Å². The molecule has 2 heterocycles. The van der Waals surface area contributed by atoms with E-state index in [9.17, 15) is 5.26 Å². The van der Waals surface area contributed by atoms with Gasteiger partial charge in [-0.1, -0.05) is 103 Å². The van der Waals surface area contributed by atoms with E-state index in [1.54, 1.807) is 0 Å². The molecule has 1 aliphatic rings. The minimum Gasteiger partial charge on any atom is -0.482 e. The predicted octanol–water partition coefficient (Wildman–Crippen LogP) is 11.0. The van der Waals surface area contributed by atoms with Crippen LogP contribution in [-0.2, 0) is 5.60 Å². The second kappa shape index (κ2) is 11.5. The van der Waals surface area contributed by atoms with Crippen molar-refractivity contribution in [1.82, 2.24) is 15.0 Å². The Labute approximate surface area is 290 Å². The number of benzene rings is 7. The molecule has 5 heteroatoms. The molecule has 9 rings (SSSR count). The van der Waals surface area contributed by atoms with Crippen molar-refractivity contribution < 1.29 is 4.74 Å². The molecule has 0 fully saturated rings. The number of nitriles is 1. The molecule has 0 radical (unpaired) electrons. The zero-order valence-electron chi connectivity index (χ0n) is 27.6. The Morgan fingerprint density at radius 2 is 1.02 bits per heavy atom. The first-order valence-corrected chi connectivity index (χ1v) is 16.7. The number of fused-ring (bicyclic) bond motifs is 5. The summed E-state index contributed by atoms with van der Waals surface area (Å²) in [5.41, 5.74) is 7.78. The van der Waals surface area contributed by atoms with Gasteiger partial charge in [-0.25, -0.2) is 15.0 Å². The Morgan fingerprint density at radius 3 is 1.66 bits per heavy atom. The van der Waals surface area contributed by atoms with Crippen LogP contribution in [0.1, 0.15) is 25.0 Å². The molecule has 0 bridgehead atoms. The molecule has 7 aromatic carbocycles. The zero-order chi connectivity index (χ0) is 33.8. The Kier molecular flexibility index (Phi) is 6.79. The summed E-state index contributed by atoms with van der Waals surface area (Å²) in [5.74, 6) is 2.47. The van der Waals surface area contributed by atoms with Gasteiger partial charge in [0.15, 0.2) is 17.5 Å². The van der Waals surface area contributed by atoms with Crippen LogP contribution in [-0.4, -0.2) is 15.0 Å². The lowest BCUT2D eigenvalue weighted by Gasteiger charge is -2.35. The van der Waals surface area contributed by atoms with Crippen LogP contribution in [0.3, 0.4) is 0 Å². The summed E-state index contributed by atoms with van der Waals surface area (Å²) in [6.45, 7) is 4.19. The molecule has 0 unspecified atom stereocenters. The van der Waals surface area contributed by atoms with Crippen molar-refractivity contribution in [3.63, 3.8) is 0 Å². The Balaban J connectivity index is 1.21. The van der Waals surface area contributed by atoms with Crippen LogP contribution in [0.2, 0.25) is 0 Å². The molecule has 1 aliphatic heterocycles. The molecule has 8 aromatic rings. The van der Waals surface area contributed by atoms with Crippen LogP contribution in [0.4, 0.5) is 0 Å². The topological polar surface area (TPSA) is 71.7 Å². The molecule has 1 aromatic heterocycles.